The van der Waals surface area contributed by atoms with Gasteiger partial charge in [-0.3, -0.25) is 9.59 Å². The Morgan fingerprint density at radius 2 is 1.26 bits per heavy atom. The van der Waals surface area contributed by atoms with E-state index >= 15 is 0 Å². The monoisotopic (exact) mass is 594 g/mol. The fraction of sp³-hybridized carbons (Fsp3) is 0.625. The summed E-state index contributed by atoms with van der Waals surface area (Å²) in [5.41, 5.74) is 0. The van der Waals surface area contributed by atoms with Crippen molar-refractivity contribution in [1.82, 2.24) is 0 Å². The number of rotatable bonds is 2. The van der Waals surface area contributed by atoms with E-state index in [1.54, 1.807) is 50.3 Å². The number of carbonyl (C=O) groups excluding carboxylic acids is 1. The summed E-state index contributed by atoms with van der Waals surface area (Å²) in [6.07, 6.45) is 9.65. The average molecular weight is 595 g/mol. The third-order valence-corrected chi connectivity index (χ3v) is 7.46. The summed E-state index contributed by atoms with van der Waals surface area (Å²) in [6, 6.07) is 0. The summed E-state index contributed by atoms with van der Waals surface area (Å²) in [4.78, 5) is 24.5. The molecule has 0 bridgehead atoms. The molecule has 0 aliphatic carbocycles. The Bertz CT molecular complexity index is 940. The SMILES string of the molecule is CC[C@@H]1C(=O)O[C@@H](C)[C@H](C)/C=C/C=C/C=C/C=C/C=C/[C@H](O)[C@@H](C(=O)O)[C@@H](O)C[C@@H](O)CCC[C@@H](O)C[C@@H](O)C[C@H]1O. The largest absolute Gasteiger partial charge is 0.481 e. The lowest BCUT2D eigenvalue weighted by molar-refractivity contribution is -0.159. The molecule has 1 aliphatic rings. The lowest BCUT2D eigenvalue weighted by atomic mass is 9.90. The number of allylic oxidation sites excluding steroid dienone is 8. The molecule has 10 nitrogen and oxygen atoms in total. The van der Waals surface area contributed by atoms with E-state index in [1.165, 1.54) is 12.2 Å². The number of hydrogen-bond donors (Lipinski definition) is 7. The van der Waals surface area contributed by atoms with Gasteiger partial charge in [-0.25, -0.2) is 0 Å². The standard InChI is InChI=1S/C32H50O10/c1-4-26-28(37)20-25(35)18-23(33)15-13-16-24(34)19-29(38)30(31(39)40)27(36)17-12-10-8-6-5-7-9-11-14-21(2)22(3)42-32(26)41/h5-12,14,17,21-30,33-38H,4,13,15-16,18-20H2,1-3H3,(H,39,40)/b6-5+,9-7+,10-8+,14-11+,17-12+/t21-,22+,23-,24+,25-,26+,27+,28-,29+,30-/m1/s1. The van der Waals surface area contributed by atoms with Gasteiger partial charge in [0.2, 0.25) is 0 Å². The summed E-state index contributed by atoms with van der Waals surface area (Å²) in [6.45, 7) is 5.42. The highest BCUT2D eigenvalue weighted by molar-refractivity contribution is 5.73. The second-order valence-corrected chi connectivity index (χ2v) is 11.0. The third kappa shape index (κ3) is 14.5. The van der Waals surface area contributed by atoms with Crippen LogP contribution in [0.4, 0.5) is 0 Å². The van der Waals surface area contributed by atoms with E-state index in [2.05, 4.69) is 0 Å². The van der Waals surface area contributed by atoms with Gasteiger partial charge in [0.25, 0.3) is 0 Å². The first-order chi connectivity index (χ1) is 19.9. The van der Waals surface area contributed by atoms with Crippen LogP contribution in [0.3, 0.4) is 0 Å². The first-order valence-corrected chi connectivity index (χ1v) is 14.7. The Kier molecular flexibility index (Phi) is 18.1. The normalized spacial score (nSPS) is 39.5. The van der Waals surface area contributed by atoms with Crippen LogP contribution in [0.5, 0.6) is 0 Å². The van der Waals surface area contributed by atoms with Crippen LogP contribution in [-0.2, 0) is 14.3 Å². The van der Waals surface area contributed by atoms with Crippen molar-refractivity contribution in [2.45, 2.75) is 108 Å². The van der Waals surface area contributed by atoms with Gasteiger partial charge in [-0.1, -0.05) is 74.6 Å². The molecular weight excluding hydrogens is 544 g/mol. The smallest absolute Gasteiger partial charge is 0.312 e. The predicted molar refractivity (Wildman–Crippen MR) is 159 cm³/mol. The van der Waals surface area contributed by atoms with E-state index in [1.807, 2.05) is 19.1 Å². The van der Waals surface area contributed by atoms with E-state index in [4.69, 9.17) is 4.74 Å². The second-order valence-electron chi connectivity index (χ2n) is 11.0. The number of aliphatic carboxylic acids is 1. The van der Waals surface area contributed by atoms with Crippen molar-refractivity contribution in [1.29, 1.82) is 0 Å². The molecule has 42 heavy (non-hydrogen) atoms. The summed E-state index contributed by atoms with van der Waals surface area (Å²) < 4.78 is 5.59. The van der Waals surface area contributed by atoms with Crippen LogP contribution in [0.2, 0.25) is 0 Å². The van der Waals surface area contributed by atoms with Crippen molar-refractivity contribution in [2.24, 2.45) is 17.8 Å². The third-order valence-electron chi connectivity index (χ3n) is 7.46. The Hall–Kier alpha value is -2.60. The molecule has 10 atom stereocenters. The van der Waals surface area contributed by atoms with Crippen molar-refractivity contribution >= 4 is 11.9 Å². The van der Waals surface area contributed by atoms with Crippen LogP contribution in [0.15, 0.2) is 60.8 Å². The van der Waals surface area contributed by atoms with E-state index in [9.17, 15) is 45.3 Å². The van der Waals surface area contributed by atoms with Crippen LogP contribution < -0.4 is 0 Å². The predicted octanol–water partition coefficient (Wildman–Crippen LogP) is 2.58. The van der Waals surface area contributed by atoms with Gasteiger partial charge < -0.3 is 40.5 Å². The number of carboxylic acid groups (broad SMARTS) is 1. The molecule has 0 saturated heterocycles. The van der Waals surface area contributed by atoms with E-state index < -0.39 is 66.5 Å². The Balaban J connectivity index is 3.03. The highest BCUT2D eigenvalue weighted by Crippen LogP contribution is 2.22. The molecule has 1 rings (SSSR count). The first-order valence-electron chi connectivity index (χ1n) is 14.7. The number of hydrogen-bond acceptors (Lipinski definition) is 9. The Morgan fingerprint density at radius 1 is 0.762 bits per heavy atom. The van der Waals surface area contributed by atoms with Gasteiger partial charge >= 0.3 is 11.9 Å². The molecule has 0 spiro atoms. The molecule has 1 aliphatic heterocycles. The minimum absolute atomic E-state index is 0.0454. The first kappa shape index (κ1) is 37.4. The van der Waals surface area contributed by atoms with Crippen molar-refractivity contribution in [3.63, 3.8) is 0 Å². The molecule has 10 heteroatoms. The number of carbonyl (C=O) groups is 2. The van der Waals surface area contributed by atoms with Crippen LogP contribution in [0, 0.1) is 17.8 Å². The van der Waals surface area contributed by atoms with Crippen molar-refractivity contribution in [3.05, 3.63) is 60.8 Å². The molecule has 238 valence electrons. The van der Waals surface area contributed by atoms with Crippen LogP contribution in [-0.4, -0.2) is 90.4 Å². The molecule has 0 amide bonds. The van der Waals surface area contributed by atoms with Crippen LogP contribution in [0.25, 0.3) is 0 Å². The van der Waals surface area contributed by atoms with E-state index in [0.717, 1.165) is 0 Å². The fourth-order valence-electron chi connectivity index (χ4n) is 4.69. The Labute approximate surface area is 249 Å². The summed E-state index contributed by atoms with van der Waals surface area (Å²) in [7, 11) is 0. The van der Waals surface area contributed by atoms with Crippen molar-refractivity contribution in [3.8, 4) is 0 Å². The molecule has 7 N–H and O–H groups in total. The van der Waals surface area contributed by atoms with Crippen molar-refractivity contribution in [2.75, 3.05) is 0 Å². The second kappa shape index (κ2) is 20.3. The van der Waals surface area contributed by atoms with Gasteiger partial charge in [0.15, 0.2) is 0 Å². The maximum atomic E-state index is 12.8. The minimum atomic E-state index is -1.54. The minimum Gasteiger partial charge on any atom is -0.481 e. The Morgan fingerprint density at radius 3 is 1.81 bits per heavy atom. The molecule has 0 saturated carbocycles. The maximum absolute atomic E-state index is 12.8. The van der Waals surface area contributed by atoms with Gasteiger partial charge in [0, 0.05) is 18.8 Å². The molecule has 0 fully saturated rings. The van der Waals surface area contributed by atoms with E-state index in [-0.39, 0.29) is 38.0 Å². The van der Waals surface area contributed by atoms with Crippen LogP contribution in [0.1, 0.15) is 65.7 Å². The molecular formula is C32H50O10. The maximum Gasteiger partial charge on any atom is 0.312 e. The molecule has 0 aromatic carbocycles. The number of aliphatic hydroxyl groups is 6. The zero-order valence-electron chi connectivity index (χ0n) is 24.9. The molecule has 0 unspecified atom stereocenters. The number of cyclic esters (lactones) is 1. The lowest BCUT2D eigenvalue weighted by Crippen LogP contribution is -2.39. The van der Waals surface area contributed by atoms with Crippen molar-refractivity contribution < 1.29 is 50.1 Å². The van der Waals surface area contributed by atoms with Gasteiger partial charge in [-0.2, -0.15) is 0 Å². The number of aliphatic hydroxyl groups excluding tert-OH is 6. The molecule has 0 aromatic rings. The fourth-order valence-corrected chi connectivity index (χ4v) is 4.69. The van der Waals surface area contributed by atoms with Gasteiger partial charge in [0.05, 0.1) is 42.5 Å². The quantitative estimate of drug-likeness (QED) is 0.234. The zero-order chi connectivity index (χ0) is 31.7. The summed E-state index contributed by atoms with van der Waals surface area (Å²) in [5.74, 6) is -4.42. The summed E-state index contributed by atoms with van der Waals surface area (Å²) >= 11 is 0. The topological polar surface area (TPSA) is 185 Å². The number of ether oxygens (including phenoxy) is 1. The molecule has 0 radical (unpaired) electrons. The molecule has 1 heterocycles. The zero-order valence-corrected chi connectivity index (χ0v) is 24.9. The van der Waals surface area contributed by atoms with Gasteiger partial charge in [0.1, 0.15) is 12.0 Å². The average Bonchev–Trinajstić information content (AvgIpc) is 2.88. The van der Waals surface area contributed by atoms with Crippen LogP contribution >= 0.6 is 0 Å². The summed E-state index contributed by atoms with van der Waals surface area (Å²) in [5, 5.41) is 72.0. The highest BCUT2D eigenvalue weighted by Gasteiger charge is 2.34. The molecule has 0 aromatic heterocycles. The lowest BCUT2D eigenvalue weighted by Gasteiger charge is -2.26. The van der Waals surface area contributed by atoms with Gasteiger partial charge in [-0.15, -0.1) is 0 Å². The van der Waals surface area contributed by atoms with Gasteiger partial charge in [-0.05, 0) is 39.0 Å². The number of carboxylic acids is 1. The number of esters is 1. The highest BCUT2D eigenvalue weighted by atomic mass is 16.5. The van der Waals surface area contributed by atoms with E-state index in [0.29, 0.717) is 12.8 Å².